The summed E-state index contributed by atoms with van der Waals surface area (Å²) in [5.41, 5.74) is 3.71. The molecule has 0 bridgehead atoms. The van der Waals surface area contributed by atoms with E-state index in [-0.39, 0.29) is 36.8 Å². The highest BCUT2D eigenvalue weighted by Gasteiger charge is 2.31. The standard InChI is InChI=1S/C22H26N6O.2ClH/c1-26(2)19-6-4-16(5-7-19)17-12-18(14-24-13-17)22(29)28-11-8-23-15-20(28)21-25-9-10-27(21)3;;/h4-7,9-10,12-14,20,23H,8,11,15H2,1-3H3;2*1H. The lowest BCUT2D eigenvalue weighted by Gasteiger charge is -2.35. The van der Waals surface area contributed by atoms with Gasteiger partial charge in [0, 0.05) is 76.8 Å². The number of nitrogens with one attached hydrogen (secondary N) is 1. The van der Waals surface area contributed by atoms with Crippen LogP contribution in [0.2, 0.25) is 0 Å². The molecule has 7 nitrogen and oxygen atoms in total. The van der Waals surface area contributed by atoms with E-state index in [1.165, 1.54) is 0 Å². The largest absolute Gasteiger partial charge is 0.378 e. The third-order valence-electron chi connectivity index (χ3n) is 5.36. The van der Waals surface area contributed by atoms with E-state index in [0.717, 1.165) is 29.2 Å². The zero-order chi connectivity index (χ0) is 20.4. The van der Waals surface area contributed by atoms with Gasteiger partial charge in [-0.15, -0.1) is 24.8 Å². The molecule has 1 amide bonds. The van der Waals surface area contributed by atoms with E-state index < -0.39 is 0 Å². The number of hydrogen-bond donors (Lipinski definition) is 1. The van der Waals surface area contributed by atoms with Crippen molar-refractivity contribution in [2.45, 2.75) is 6.04 Å². The molecular formula is C22H28Cl2N6O. The van der Waals surface area contributed by atoms with Crippen LogP contribution in [-0.2, 0) is 7.05 Å². The van der Waals surface area contributed by atoms with Gasteiger partial charge in [0.15, 0.2) is 0 Å². The van der Waals surface area contributed by atoms with Crippen molar-refractivity contribution < 1.29 is 4.79 Å². The lowest BCUT2D eigenvalue weighted by molar-refractivity contribution is 0.0620. The quantitative estimate of drug-likeness (QED) is 0.644. The normalized spacial score (nSPS) is 15.6. The Hall–Kier alpha value is -2.61. The fourth-order valence-corrected chi connectivity index (χ4v) is 3.71. The number of carbonyl (C=O) groups excluding carboxylic acids is 1. The summed E-state index contributed by atoms with van der Waals surface area (Å²) in [6.45, 7) is 2.10. The number of carbonyl (C=O) groups is 1. The van der Waals surface area contributed by atoms with Crippen LogP contribution in [0.5, 0.6) is 0 Å². The van der Waals surface area contributed by atoms with Gasteiger partial charge in [0.05, 0.1) is 5.56 Å². The van der Waals surface area contributed by atoms with Crippen molar-refractivity contribution in [3.8, 4) is 11.1 Å². The first-order valence-electron chi connectivity index (χ1n) is 9.76. The molecule has 2 aromatic heterocycles. The molecule has 1 N–H and O–H groups in total. The van der Waals surface area contributed by atoms with Gasteiger partial charge < -0.3 is 19.7 Å². The topological polar surface area (TPSA) is 66.3 Å². The van der Waals surface area contributed by atoms with Gasteiger partial charge in [-0.05, 0) is 23.8 Å². The molecule has 1 aromatic carbocycles. The van der Waals surface area contributed by atoms with E-state index in [0.29, 0.717) is 18.7 Å². The van der Waals surface area contributed by atoms with E-state index in [1.54, 1.807) is 18.6 Å². The van der Waals surface area contributed by atoms with Gasteiger partial charge in [0.25, 0.3) is 5.91 Å². The molecular weight excluding hydrogens is 435 g/mol. The molecule has 1 saturated heterocycles. The van der Waals surface area contributed by atoms with Crippen LogP contribution in [0.4, 0.5) is 5.69 Å². The molecule has 0 saturated carbocycles. The Morgan fingerprint density at radius 1 is 1.13 bits per heavy atom. The average molecular weight is 463 g/mol. The number of aromatic nitrogens is 3. The number of nitrogens with zero attached hydrogens (tertiary/aromatic N) is 5. The fraction of sp³-hybridized carbons (Fsp3) is 0.318. The Kier molecular flexibility index (Phi) is 8.44. The second kappa shape index (κ2) is 10.6. The van der Waals surface area contributed by atoms with Gasteiger partial charge in [-0.25, -0.2) is 4.98 Å². The first kappa shape index (κ1) is 24.7. The predicted molar refractivity (Wildman–Crippen MR) is 128 cm³/mol. The number of rotatable bonds is 4. The van der Waals surface area contributed by atoms with Gasteiger partial charge in [-0.2, -0.15) is 0 Å². The van der Waals surface area contributed by atoms with Crippen LogP contribution in [0.25, 0.3) is 11.1 Å². The third-order valence-corrected chi connectivity index (χ3v) is 5.36. The Balaban J connectivity index is 0.00000171. The summed E-state index contributed by atoms with van der Waals surface area (Å²) >= 11 is 0. The van der Waals surface area contributed by atoms with Crippen molar-refractivity contribution in [2.75, 3.05) is 38.6 Å². The molecule has 0 radical (unpaired) electrons. The third kappa shape index (κ3) is 5.18. The van der Waals surface area contributed by atoms with E-state index in [9.17, 15) is 4.79 Å². The number of amides is 1. The maximum atomic E-state index is 13.4. The van der Waals surface area contributed by atoms with Crippen molar-refractivity contribution in [1.82, 2.24) is 24.8 Å². The summed E-state index contributed by atoms with van der Waals surface area (Å²) in [7, 11) is 5.99. The zero-order valence-electron chi connectivity index (χ0n) is 17.9. The minimum atomic E-state index is -0.0979. The molecule has 1 unspecified atom stereocenters. The average Bonchev–Trinajstić information content (AvgIpc) is 3.19. The van der Waals surface area contributed by atoms with Crippen molar-refractivity contribution in [2.24, 2.45) is 7.05 Å². The number of aryl methyl sites for hydroxylation is 1. The van der Waals surface area contributed by atoms with Gasteiger partial charge in [0.2, 0.25) is 0 Å². The van der Waals surface area contributed by atoms with Gasteiger partial charge in [-0.3, -0.25) is 9.78 Å². The molecule has 1 fully saturated rings. The second-order valence-corrected chi connectivity index (χ2v) is 7.52. The monoisotopic (exact) mass is 462 g/mol. The van der Waals surface area contributed by atoms with Crippen LogP contribution in [0.3, 0.4) is 0 Å². The maximum absolute atomic E-state index is 13.4. The predicted octanol–water partition coefficient (Wildman–Crippen LogP) is 3.18. The van der Waals surface area contributed by atoms with Crippen molar-refractivity contribution in [3.63, 3.8) is 0 Å². The minimum absolute atomic E-state index is 0. The SMILES string of the molecule is CN(C)c1ccc(-c2cncc(C(=O)N3CCNCC3c3nccn3C)c2)cc1.Cl.Cl. The molecule has 1 aliphatic rings. The Labute approximate surface area is 195 Å². The van der Waals surface area contributed by atoms with Crippen LogP contribution >= 0.6 is 24.8 Å². The molecule has 166 valence electrons. The molecule has 1 aliphatic heterocycles. The Bertz CT molecular complexity index is 1010. The molecule has 4 rings (SSSR count). The van der Waals surface area contributed by atoms with E-state index in [4.69, 9.17) is 0 Å². The van der Waals surface area contributed by atoms with Crippen LogP contribution in [0, 0.1) is 0 Å². The van der Waals surface area contributed by atoms with Crippen LogP contribution in [-0.4, -0.2) is 59.1 Å². The number of benzene rings is 1. The first-order valence-corrected chi connectivity index (χ1v) is 9.76. The van der Waals surface area contributed by atoms with E-state index in [1.807, 2.05) is 42.9 Å². The van der Waals surface area contributed by atoms with Gasteiger partial charge in [0.1, 0.15) is 11.9 Å². The molecule has 9 heteroatoms. The number of halogens is 2. The summed E-state index contributed by atoms with van der Waals surface area (Å²) < 4.78 is 1.97. The van der Waals surface area contributed by atoms with Gasteiger partial charge in [-0.1, -0.05) is 12.1 Å². The lowest BCUT2D eigenvalue weighted by Crippen LogP contribution is -2.49. The highest BCUT2D eigenvalue weighted by Crippen LogP contribution is 2.26. The summed E-state index contributed by atoms with van der Waals surface area (Å²) in [6.07, 6.45) is 7.13. The zero-order valence-corrected chi connectivity index (χ0v) is 19.5. The summed E-state index contributed by atoms with van der Waals surface area (Å²) in [6, 6.07) is 10.1. The van der Waals surface area contributed by atoms with Crippen molar-refractivity contribution in [1.29, 1.82) is 0 Å². The van der Waals surface area contributed by atoms with Crippen LogP contribution < -0.4 is 10.2 Å². The van der Waals surface area contributed by atoms with Gasteiger partial charge >= 0.3 is 0 Å². The first-order chi connectivity index (χ1) is 14.0. The molecule has 3 aromatic rings. The second-order valence-electron chi connectivity index (χ2n) is 7.52. The maximum Gasteiger partial charge on any atom is 0.256 e. The highest BCUT2D eigenvalue weighted by atomic mass is 35.5. The number of anilines is 1. The molecule has 1 atom stereocenters. The molecule has 0 spiro atoms. The number of hydrogen-bond acceptors (Lipinski definition) is 5. The minimum Gasteiger partial charge on any atom is -0.378 e. The van der Waals surface area contributed by atoms with Crippen LogP contribution in [0.15, 0.2) is 55.1 Å². The smallest absolute Gasteiger partial charge is 0.256 e. The number of pyridine rings is 1. The summed E-state index contributed by atoms with van der Waals surface area (Å²) in [5.74, 6) is 0.868. The van der Waals surface area contributed by atoms with Crippen LogP contribution in [0.1, 0.15) is 22.2 Å². The number of imidazole rings is 1. The molecule has 31 heavy (non-hydrogen) atoms. The Morgan fingerprint density at radius 3 is 2.52 bits per heavy atom. The summed E-state index contributed by atoms with van der Waals surface area (Å²) in [4.78, 5) is 26.1. The van der Waals surface area contributed by atoms with Crippen molar-refractivity contribution in [3.05, 3.63) is 66.5 Å². The lowest BCUT2D eigenvalue weighted by atomic mass is 10.0. The molecule has 3 heterocycles. The highest BCUT2D eigenvalue weighted by molar-refractivity contribution is 5.95. The van der Waals surface area contributed by atoms with E-state index in [2.05, 4.69) is 44.5 Å². The van der Waals surface area contributed by atoms with E-state index >= 15 is 0 Å². The Morgan fingerprint density at radius 2 is 1.87 bits per heavy atom. The number of piperazine rings is 1. The fourth-order valence-electron chi connectivity index (χ4n) is 3.71. The molecule has 0 aliphatic carbocycles. The summed E-state index contributed by atoms with van der Waals surface area (Å²) in [5, 5.41) is 3.37. The van der Waals surface area contributed by atoms with Crippen molar-refractivity contribution >= 4 is 36.4 Å².